The number of hydrogen-bond acceptors (Lipinski definition) is 3. The molecule has 0 saturated heterocycles. The molecular formula is C7H10KNO3S. The van der Waals surface area contributed by atoms with E-state index in [-0.39, 0.29) is 57.7 Å². The van der Waals surface area contributed by atoms with E-state index in [1.165, 1.54) is 19.2 Å². The number of sulfonamides is 1. The normalized spacial score (nSPS) is 10.3. The molecule has 68 valence electrons. The third kappa shape index (κ3) is 4.07. The molecule has 4 nitrogen and oxygen atoms in total. The molecule has 0 aliphatic rings. The van der Waals surface area contributed by atoms with Crippen molar-refractivity contribution in [3.8, 4) is 5.75 Å². The van der Waals surface area contributed by atoms with Gasteiger partial charge in [-0.2, -0.15) is 0 Å². The Balaban J connectivity index is 0. The zero-order chi connectivity index (χ0) is 9.19. The van der Waals surface area contributed by atoms with Crippen LogP contribution in [0.15, 0.2) is 29.2 Å². The van der Waals surface area contributed by atoms with Crippen molar-refractivity contribution in [3.05, 3.63) is 24.3 Å². The molecule has 1 rings (SSSR count). The Kier molecular flexibility index (Phi) is 5.69. The summed E-state index contributed by atoms with van der Waals surface area (Å²) in [6, 6.07) is 5.88. The van der Waals surface area contributed by atoms with Crippen LogP contribution in [0.5, 0.6) is 5.75 Å². The van der Waals surface area contributed by atoms with Crippen molar-refractivity contribution < 1.29 is 66.0 Å². The van der Waals surface area contributed by atoms with Crippen LogP contribution in [0, 0.1) is 0 Å². The second-order valence-electron chi connectivity index (χ2n) is 2.22. The van der Waals surface area contributed by atoms with Gasteiger partial charge < -0.3 is 6.16 Å². The van der Waals surface area contributed by atoms with Gasteiger partial charge in [-0.25, -0.2) is 13.6 Å². The predicted octanol–water partition coefficient (Wildman–Crippen LogP) is -2.54. The van der Waals surface area contributed by atoms with E-state index >= 15 is 0 Å². The van der Waals surface area contributed by atoms with Crippen molar-refractivity contribution in [1.29, 1.82) is 0 Å². The average Bonchev–Trinajstić information content (AvgIpc) is 2.03. The van der Waals surface area contributed by atoms with E-state index in [0.717, 1.165) is 0 Å². The summed E-state index contributed by atoms with van der Waals surface area (Å²) in [5.74, 6) is 0.599. The van der Waals surface area contributed by atoms with E-state index < -0.39 is 10.0 Å². The van der Waals surface area contributed by atoms with Gasteiger partial charge in [0, 0.05) is 0 Å². The van der Waals surface area contributed by atoms with E-state index in [2.05, 4.69) is 0 Å². The molecule has 1 aromatic rings. The molecule has 0 atom stereocenters. The van der Waals surface area contributed by atoms with Gasteiger partial charge in [-0.05, 0) is 24.3 Å². The third-order valence-electron chi connectivity index (χ3n) is 1.39. The summed E-state index contributed by atoms with van der Waals surface area (Å²) in [6.07, 6.45) is 0. The Morgan fingerprint density at radius 1 is 1.31 bits per heavy atom. The molecule has 0 aliphatic carbocycles. The second-order valence-corrected chi connectivity index (χ2v) is 3.78. The largest absolute Gasteiger partial charge is 1.00 e. The van der Waals surface area contributed by atoms with E-state index in [1.54, 1.807) is 12.1 Å². The third-order valence-corrected chi connectivity index (χ3v) is 2.32. The van der Waals surface area contributed by atoms with Crippen LogP contribution in [0.25, 0.3) is 0 Å². The Morgan fingerprint density at radius 3 is 2.08 bits per heavy atom. The molecule has 0 radical (unpaired) electrons. The maximum atomic E-state index is 10.8. The molecular weight excluding hydrogens is 217 g/mol. The van der Waals surface area contributed by atoms with Crippen LogP contribution >= 0.6 is 0 Å². The summed E-state index contributed by atoms with van der Waals surface area (Å²) in [6.45, 7) is 0. The van der Waals surface area contributed by atoms with Gasteiger partial charge in [0.2, 0.25) is 10.0 Å². The van der Waals surface area contributed by atoms with Crippen molar-refractivity contribution in [1.82, 2.24) is 0 Å². The predicted molar refractivity (Wildman–Crippen MR) is 45.5 cm³/mol. The molecule has 2 N–H and O–H groups in total. The molecule has 0 aromatic heterocycles. The van der Waals surface area contributed by atoms with Gasteiger partial charge in [-0.1, -0.05) is 0 Å². The Morgan fingerprint density at radius 2 is 1.77 bits per heavy atom. The minimum atomic E-state index is -3.58. The first kappa shape index (κ1) is 13.6. The quantitative estimate of drug-likeness (QED) is 0.566. The zero-order valence-corrected chi connectivity index (χ0v) is 11.5. The molecule has 0 unspecified atom stereocenters. The molecule has 13 heavy (non-hydrogen) atoms. The van der Waals surface area contributed by atoms with Crippen molar-refractivity contribution in [2.24, 2.45) is 5.14 Å². The fourth-order valence-corrected chi connectivity index (χ4v) is 1.28. The summed E-state index contributed by atoms with van der Waals surface area (Å²) in [5.41, 5.74) is 0. The van der Waals surface area contributed by atoms with E-state index in [0.29, 0.717) is 5.75 Å². The average molecular weight is 227 g/mol. The van der Waals surface area contributed by atoms with Crippen molar-refractivity contribution in [3.63, 3.8) is 0 Å². The van der Waals surface area contributed by atoms with Crippen LogP contribution in [0.2, 0.25) is 0 Å². The zero-order valence-electron chi connectivity index (χ0n) is 8.52. The molecule has 0 fully saturated rings. The van der Waals surface area contributed by atoms with Gasteiger partial charge in [-0.3, -0.25) is 0 Å². The van der Waals surface area contributed by atoms with Crippen LogP contribution in [-0.2, 0) is 10.0 Å². The summed E-state index contributed by atoms with van der Waals surface area (Å²) in [5, 5.41) is 4.88. The fraction of sp³-hybridized carbons (Fsp3) is 0.143. The Labute approximate surface area is 121 Å². The van der Waals surface area contributed by atoms with Crippen LogP contribution in [0.4, 0.5) is 0 Å². The number of benzene rings is 1. The van der Waals surface area contributed by atoms with Gasteiger partial charge in [0.25, 0.3) is 0 Å². The minimum absolute atomic E-state index is 0. The van der Waals surface area contributed by atoms with Gasteiger partial charge in [0.05, 0.1) is 12.0 Å². The van der Waals surface area contributed by atoms with Crippen LogP contribution in [0.1, 0.15) is 1.43 Å². The summed E-state index contributed by atoms with van der Waals surface area (Å²) in [4.78, 5) is 0.0864. The standard InChI is InChI=1S/C7H9NO3S.K.H/c1-11-6-2-4-7(5-3-6)12(8,9)10;;/h2-5H,1H3,(H2,8,9,10);;/q;+1;-1. The topological polar surface area (TPSA) is 69.4 Å². The number of primary sulfonamides is 1. The number of hydrogen-bond donors (Lipinski definition) is 1. The van der Waals surface area contributed by atoms with E-state index in [4.69, 9.17) is 9.88 Å². The maximum absolute atomic E-state index is 10.8. The van der Waals surface area contributed by atoms with Crippen LogP contribution in [0.3, 0.4) is 0 Å². The first-order valence-corrected chi connectivity index (χ1v) is 4.75. The first-order chi connectivity index (χ1) is 5.54. The maximum Gasteiger partial charge on any atom is 1.00 e. The number of rotatable bonds is 2. The summed E-state index contributed by atoms with van der Waals surface area (Å²) in [7, 11) is -2.08. The minimum Gasteiger partial charge on any atom is -1.00 e. The number of methoxy groups -OCH3 is 1. The molecule has 0 amide bonds. The summed E-state index contributed by atoms with van der Waals surface area (Å²) < 4.78 is 26.4. The molecule has 0 saturated carbocycles. The van der Waals surface area contributed by atoms with Gasteiger partial charge in [0.1, 0.15) is 5.75 Å². The molecule has 0 heterocycles. The van der Waals surface area contributed by atoms with Crippen LogP contribution in [-0.4, -0.2) is 15.5 Å². The van der Waals surface area contributed by atoms with Gasteiger partial charge >= 0.3 is 51.4 Å². The number of ether oxygens (including phenoxy) is 1. The SMILES string of the molecule is COc1ccc(S(N)(=O)=O)cc1.[H-].[K+]. The second kappa shape index (κ2) is 5.45. The monoisotopic (exact) mass is 227 g/mol. The molecule has 6 heteroatoms. The first-order valence-electron chi connectivity index (χ1n) is 3.21. The van der Waals surface area contributed by atoms with Crippen molar-refractivity contribution in [2.75, 3.05) is 7.11 Å². The van der Waals surface area contributed by atoms with Gasteiger partial charge in [-0.15, -0.1) is 0 Å². The van der Waals surface area contributed by atoms with E-state index in [9.17, 15) is 8.42 Å². The van der Waals surface area contributed by atoms with Crippen LogP contribution < -0.4 is 61.3 Å². The van der Waals surface area contributed by atoms with Crippen molar-refractivity contribution in [2.45, 2.75) is 4.90 Å². The summed E-state index contributed by atoms with van der Waals surface area (Å²) >= 11 is 0. The fourth-order valence-electron chi connectivity index (χ4n) is 0.765. The molecule has 1 aromatic carbocycles. The van der Waals surface area contributed by atoms with Gasteiger partial charge in [0.15, 0.2) is 0 Å². The Hall–Kier alpha value is 0.566. The molecule has 0 spiro atoms. The van der Waals surface area contributed by atoms with E-state index in [1.807, 2.05) is 0 Å². The molecule has 0 aliphatic heterocycles. The number of nitrogens with two attached hydrogens (primary N) is 1. The smallest absolute Gasteiger partial charge is 1.00 e. The Bertz CT molecular complexity index is 365. The molecule has 0 bridgehead atoms. The van der Waals surface area contributed by atoms with Crippen molar-refractivity contribution >= 4 is 10.0 Å².